The molecule has 2 aromatic rings. The van der Waals surface area contributed by atoms with Crippen LogP contribution in [-0.2, 0) is 6.54 Å². The Bertz CT molecular complexity index is 560. The van der Waals surface area contributed by atoms with Crippen LogP contribution in [0.15, 0.2) is 18.2 Å². The molecule has 1 saturated heterocycles. The minimum atomic E-state index is 0.784. The maximum atomic E-state index is 5.80. The first-order valence-corrected chi connectivity index (χ1v) is 7.17. The second-order valence-corrected chi connectivity index (χ2v) is 5.77. The molecule has 0 spiro atoms. The van der Waals surface area contributed by atoms with Gasteiger partial charge in [0.05, 0.1) is 17.6 Å². The molecule has 102 valence electrons. The summed E-state index contributed by atoms with van der Waals surface area (Å²) in [4.78, 5) is 10.5. The number of anilines is 1. The van der Waals surface area contributed by atoms with E-state index in [0.29, 0.717) is 0 Å². The molecular weight excluding hydrogens is 236 g/mol. The van der Waals surface area contributed by atoms with Gasteiger partial charge in [-0.2, -0.15) is 0 Å². The average Bonchev–Trinajstić information content (AvgIpc) is 2.65. The normalized spacial score (nSPS) is 21.6. The highest BCUT2D eigenvalue weighted by Gasteiger charge is 2.15. The molecule has 0 amide bonds. The van der Waals surface area contributed by atoms with Crippen LogP contribution in [0.5, 0.6) is 0 Å². The lowest BCUT2D eigenvalue weighted by atomic mass is 10.0. The second kappa shape index (κ2) is 5.21. The molecule has 0 aliphatic carbocycles. The van der Waals surface area contributed by atoms with Crippen molar-refractivity contribution in [3.8, 4) is 0 Å². The predicted octanol–water partition coefficient (Wildman–Crippen LogP) is 2.77. The highest BCUT2D eigenvalue weighted by Crippen LogP contribution is 2.19. The van der Waals surface area contributed by atoms with E-state index in [0.717, 1.165) is 35.0 Å². The van der Waals surface area contributed by atoms with Gasteiger partial charge in [0.25, 0.3) is 0 Å². The second-order valence-electron chi connectivity index (χ2n) is 5.77. The molecule has 3 rings (SSSR count). The van der Waals surface area contributed by atoms with Crippen LogP contribution in [0.25, 0.3) is 11.0 Å². The fourth-order valence-electron chi connectivity index (χ4n) is 2.85. The number of hydrogen-bond donors (Lipinski definition) is 2. The first-order valence-electron chi connectivity index (χ1n) is 7.17. The number of H-pyrrole nitrogens is 1. The van der Waals surface area contributed by atoms with Crippen molar-refractivity contribution >= 4 is 16.7 Å². The monoisotopic (exact) mass is 258 g/mol. The Morgan fingerprint density at radius 2 is 2.26 bits per heavy atom. The van der Waals surface area contributed by atoms with Gasteiger partial charge in [0.1, 0.15) is 5.82 Å². The summed E-state index contributed by atoms with van der Waals surface area (Å²) in [6.45, 7) is 5.64. The first-order chi connectivity index (χ1) is 9.20. The minimum absolute atomic E-state index is 0.784. The number of aromatic nitrogens is 2. The standard InChI is InChI=1S/C15H22N4/c1-11-3-2-7-19(8-6-11)10-15-17-13-5-4-12(16)9-14(13)18-15/h4-5,9,11H,2-3,6-8,10,16H2,1H3,(H,17,18). The van der Waals surface area contributed by atoms with Crippen LogP contribution >= 0.6 is 0 Å². The zero-order valence-corrected chi connectivity index (χ0v) is 11.5. The summed E-state index contributed by atoms with van der Waals surface area (Å²) >= 11 is 0. The summed E-state index contributed by atoms with van der Waals surface area (Å²) in [5.74, 6) is 1.91. The Kier molecular flexibility index (Phi) is 3.42. The van der Waals surface area contributed by atoms with E-state index < -0.39 is 0 Å². The largest absolute Gasteiger partial charge is 0.399 e. The van der Waals surface area contributed by atoms with Gasteiger partial charge < -0.3 is 10.7 Å². The summed E-state index contributed by atoms with van der Waals surface area (Å²) in [6.07, 6.45) is 3.95. The van der Waals surface area contributed by atoms with E-state index in [1.54, 1.807) is 0 Å². The van der Waals surface area contributed by atoms with Gasteiger partial charge in [0, 0.05) is 5.69 Å². The Morgan fingerprint density at radius 1 is 1.37 bits per heavy atom. The van der Waals surface area contributed by atoms with Crippen molar-refractivity contribution in [1.29, 1.82) is 0 Å². The van der Waals surface area contributed by atoms with E-state index in [2.05, 4.69) is 21.8 Å². The van der Waals surface area contributed by atoms with Crippen LogP contribution < -0.4 is 5.73 Å². The number of aromatic amines is 1. The van der Waals surface area contributed by atoms with Crippen LogP contribution in [0.1, 0.15) is 32.0 Å². The minimum Gasteiger partial charge on any atom is -0.399 e. The molecule has 19 heavy (non-hydrogen) atoms. The van der Waals surface area contributed by atoms with Crippen molar-refractivity contribution in [3.63, 3.8) is 0 Å². The van der Waals surface area contributed by atoms with Crippen molar-refractivity contribution in [1.82, 2.24) is 14.9 Å². The predicted molar refractivity (Wildman–Crippen MR) is 78.8 cm³/mol. The van der Waals surface area contributed by atoms with Gasteiger partial charge in [0.15, 0.2) is 0 Å². The van der Waals surface area contributed by atoms with Crippen LogP contribution in [0.3, 0.4) is 0 Å². The molecule has 0 saturated carbocycles. The lowest BCUT2D eigenvalue weighted by Crippen LogP contribution is -2.24. The topological polar surface area (TPSA) is 57.9 Å². The molecule has 4 nitrogen and oxygen atoms in total. The fraction of sp³-hybridized carbons (Fsp3) is 0.533. The number of nitrogens with zero attached hydrogens (tertiary/aromatic N) is 2. The Labute approximate surface area is 114 Å². The molecule has 1 aromatic heterocycles. The molecule has 3 N–H and O–H groups in total. The quantitative estimate of drug-likeness (QED) is 0.814. The van der Waals surface area contributed by atoms with Gasteiger partial charge in [0.2, 0.25) is 0 Å². The summed E-state index contributed by atoms with van der Waals surface area (Å²) in [5, 5.41) is 0. The fourth-order valence-corrected chi connectivity index (χ4v) is 2.85. The number of nitrogen functional groups attached to an aromatic ring is 1. The Hall–Kier alpha value is -1.55. The van der Waals surface area contributed by atoms with Crippen molar-refractivity contribution in [2.24, 2.45) is 5.92 Å². The van der Waals surface area contributed by atoms with Crippen LogP contribution in [0.2, 0.25) is 0 Å². The first kappa shape index (κ1) is 12.5. The van der Waals surface area contributed by atoms with Gasteiger partial charge in [-0.05, 0) is 56.5 Å². The number of nitrogens with one attached hydrogen (secondary N) is 1. The van der Waals surface area contributed by atoms with E-state index in [4.69, 9.17) is 5.73 Å². The zero-order chi connectivity index (χ0) is 13.2. The van der Waals surface area contributed by atoms with Crippen molar-refractivity contribution in [3.05, 3.63) is 24.0 Å². The zero-order valence-electron chi connectivity index (χ0n) is 11.5. The van der Waals surface area contributed by atoms with E-state index in [-0.39, 0.29) is 0 Å². The van der Waals surface area contributed by atoms with E-state index in [1.165, 1.54) is 32.4 Å². The molecule has 2 heterocycles. The van der Waals surface area contributed by atoms with Gasteiger partial charge in [-0.15, -0.1) is 0 Å². The Morgan fingerprint density at radius 3 is 3.16 bits per heavy atom. The molecule has 1 aliphatic heterocycles. The lowest BCUT2D eigenvalue weighted by molar-refractivity contribution is 0.268. The average molecular weight is 258 g/mol. The molecule has 1 unspecified atom stereocenters. The smallest absolute Gasteiger partial charge is 0.121 e. The van der Waals surface area contributed by atoms with Crippen LogP contribution in [0, 0.1) is 5.92 Å². The molecule has 0 bridgehead atoms. The molecular formula is C15H22N4. The van der Waals surface area contributed by atoms with Gasteiger partial charge in [-0.3, -0.25) is 4.90 Å². The summed E-state index contributed by atoms with van der Waals surface area (Å²) < 4.78 is 0. The van der Waals surface area contributed by atoms with Gasteiger partial charge >= 0.3 is 0 Å². The number of benzene rings is 1. The van der Waals surface area contributed by atoms with Gasteiger partial charge in [-0.25, -0.2) is 4.98 Å². The molecule has 0 radical (unpaired) electrons. The summed E-state index contributed by atoms with van der Waals surface area (Å²) in [7, 11) is 0. The third kappa shape index (κ3) is 2.89. The highest BCUT2D eigenvalue weighted by atomic mass is 15.1. The number of likely N-dealkylation sites (tertiary alicyclic amines) is 1. The number of imidazole rings is 1. The van der Waals surface area contributed by atoms with Crippen molar-refractivity contribution < 1.29 is 0 Å². The number of hydrogen-bond acceptors (Lipinski definition) is 3. The van der Waals surface area contributed by atoms with Crippen molar-refractivity contribution in [2.75, 3.05) is 18.8 Å². The summed E-state index contributed by atoms with van der Waals surface area (Å²) in [6, 6.07) is 5.84. The van der Waals surface area contributed by atoms with E-state index in [1.807, 2.05) is 18.2 Å². The molecule has 1 atom stereocenters. The Balaban J connectivity index is 1.73. The number of fused-ring (bicyclic) bond motifs is 1. The SMILES string of the molecule is CC1CCCN(Cc2nc3ccc(N)cc3[nH]2)CC1. The third-order valence-corrected chi connectivity index (χ3v) is 4.04. The highest BCUT2D eigenvalue weighted by molar-refractivity contribution is 5.78. The van der Waals surface area contributed by atoms with Gasteiger partial charge in [-0.1, -0.05) is 6.92 Å². The summed E-state index contributed by atoms with van der Waals surface area (Å²) in [5.41, 5.74) is 8.63. The molecule has 1 fully saturated rings. The number of nitrogens with two attached hydrogens (primary N) is 1. The van der Waals surface area contributed by atoms with Crippen LogP contribution in [0.4, 0.5) is 5.69 Å². The molecule has 4 heteroatoms. The van der Waals surface area contributed by atoms with Crippen LogP contribution in [-0.4, -0.2) is 28.0 Å². The molecule has 1 aliphatic rings. The number of rotatable bonds is 2. The third-order valence-electron chi connectivity index (χ3n) is 4.04. The van der Waals surface area contributed by atoms with Crippen molar-refractivity contribution in [2.45, 2.75) is 32.7 Å². The van der Waals surface area contributed by atoms with E-state index >= 15 is 0 Å². The maximum Gasteiger partial charge on any atom is 0.121 e. The molecule has 1 aromatic carbocycles. The maximum absolute atomic E-state index is 5.80. The van der Waals surface area contributed by atoms with E-state index in [9.17, 15) is 0 Å². The lowest BCUT2D eigenvalue weighted by Gasteiger charge is -2.18.